The van der Waals surface area contributed by atoms with Crippen LogP contribution in [0.1, 0.15) is 16.7 Å². The maximum atomic E-state index is 12.8. The normalized spacial score (nSPS) is 12.6. The molecule has 108 valence electrons. The summed E-state index contributed by atoms with van der Waals surface area (Å²) in [7, 11) is 0. The molecule has 4 heteroatoms. The van der Waals surface area contributed by atoms with Gasteiger partial charge in [0.2, 0.25) is 5.91 Å². The average molecular weight is 285 g/mol. The first-order chi connectivity index (χ1) is 10.2. The van der Waals surface area contributed by atoms with Crippen LogP contribution in [0.15, 0.2) is 42.5 Å². The molecule has 21 heavy (non-hydrogen) atoms. The van der Waals surface area contributed by atoms with Crippen molar-refractivity contribution in [2.45, 2.75) is 19.4 Å². The Balaban J connectivity index is 1.55. The van der Waals surface area contributed by atoms with E-state index in [1.807, 2.05) is 18.2 Å². The molecule has 0 saturated heterocycles. The molecule has 0 aliphatic carbocycles. The van der Waals surface area contributed by atoms with E-state index in [1.165, 1.54) is 17.7 Å². The number of hydrogen-bond acceptors (Lipinski definition) is 2. The van der Waals surface area contributed by atoms with Crippen LogP contribution in [-0.2, 0) is 24.2 Å². The predicted molar refractivity (Wildman–Crippen MR) is 77.6 cm³/mol. The second-order valence-electron chi connectivity index (χ2n) is 5.12. The van der Waals surface area contributed by atoms with Gasteiger partial charge in [0.15, 0.2) is 0 Å². The van der Waals surface area contributed by atoms with Crippen LogP contribution in [0.3, 0.4) is 0 Å². The molecule has 2 aromatic carbocycles. The topological polar surface area (TPSA) is 38.3 Å². The highest BCUT2D eigenvalue weighted by atomic mass is 19.1. The van der Waals surface area contributed by atoms with Gasteiger partial charge < -0.3 is 10.1 Å². The van der Waals surface area contributed by atoms with Crippen molar-refractivity contribution in [2.75, 3.05) is 6.61 Å². The number of rotatable bonds is 4. The van der Waals surface area contributed by atoms with Crippen LogP contribution in [0.5, 0.6) is 5.75 Å². The predicted octanol–water partition coefficient (Wildman–Crippen LogP) is 2.62. The number of ether oxygens (including phenoxy) is 1. The minimum absolute atomic E-state index is 0.0433. The van der Waals surface area contributed by atoms with E-state index in [2.05, 4.69) is 5.32 Å². The lowest BCUT2D eigenvalue weighted by Crippen LogP contribution is -2.24. The summed E-state index contributed by atoms with van der Waals surface area (Å²) in [6.07, 6.45) is 1.24. The van der Waals surface area contributed by atoms with E-state index >= 15 is 0 Å². The molecule has 0 saturated carbocycles. The Morgan fingerprint density at radius 3 is 2.71 bits per heavy atom. The van der Waals surface area contributed by atoms with Crippen LogP contribution in [0.4, 0.5) is 4.39 Å². The summed E-state index contributed by atoms with van der Waals surface area (Å²) in [6.45, 7) is 1.13. The number of fused-ring (bicyclic) bond motifs is 1. The van der Waals surface area contributed by atoms with E-state index in [0.29, 0.717) is 13.0 Å². The Kier molecular flexibility index (Phi) is 3.86. The zero-order valence-corrected chi connectivity index (χ0v) is 11.6. The van der Waals surface area contributed by atoms with Crippen LogP contribution in [0, 0.1) is 5.82 Å². The molecule has 2 aromatic rings. The van der Waals surface area contributed by atoms with Crippen LogP contribution in [-0.4, -0.2) is 12.5 Å². The highest BCUT2D eigenvalue weighted by Gasteiger charge is 2.13. The van der Waals surface area contributed by atoms with Crippen LogP contribution in [0.25, 0.3) is 0 Å². The van der Waals surface area contributed by atoms with Gasteiger partial charge in [0.05, 0.1) is 13.0 Å². The summed E-state index contributed by atoms with van der Waals surface area (Å²) in [4.78, 5) is 11.9. The molecule has 0 spiro atoms. The molecule has 1 amide bonds. The van der Waals surface area contributed by atoms with Gasteiger partial charge in [0.1, 0.15) is 11.6 Å². The largest absolute Gasteiger partial charge is 0.493 e. The summed E-state index contributed by atoms with van der Waals surface area (Å²) in [5, 5.41) is 2.84. The SMILES string of the molecule is O=C(Cc1ccc2c(c1)CCO2)NCc1ccc(F)cc1. The fourth-order valence-electron chi connectivity index (χ4n) is 2.40. The van der Waals surface area contributed by atoms with Gasteiger partial charge in [-0.1, -0.05) is 24.3 Å². The monoisotopic (exact) mass is 285 g/mol. The van der Waals surface area contributed by atoms with E-state index in [4.69, 9.17) is 4.74 Å². The molecule has 0 bridgehead atoms. The molecule has 0 unspecified atom stereocenters. The van der Waals surface area contributed by atoms with Gasteiger partial charge in [-0.15, -0.1) is 0 Å². The van der Waals surface area contributed by atoms with Crippen molar-refractivity contribution in [1.29, 1.82) is 0 Å². The highest BCUT2D eigenvalue weighted by molar-refractivity contribution is 5.78. The van der Waals surface area contributed by atoms with E-state index in [-0.39, 0.29) is 11.7 Å². The maximum Gasteiger partial charge on any atom is 0.224 e. The highest BCUT2D eigenvalue weighted by Crippen LogP contribution is 2.25. The van der Waals surface area contributed by atoms with Crippen LogP contribution < -0.4 is 10.1 Å². The lowest BCUT2D eigenvalue weighted by atomic mass is 10.1. The molecule has 1 aliphatic heterocycles. The molecule has 0 atom stereocenters. The smallest absolute Gasteiger partial charge is 0.224 e. The van der Waals surface area contributed by atoms with E-state index < -0.39 is 0 Å². The number of amides is 1. The van der Waals surface area contributed by atoms with E-state index in [9.17, 15) is 9.18 Å². The van der Waals surface area contributed by atoms with Gasteiger partial charge in [-0.2, -0.15) is 0 Å². The van der Waals surface area contributed by atoms with Crippen molar-refractivity contribution >= 4 is 5.91 Å². The number of carbonyl (C=O) groups excluding carboxylic acids is 1. The lowest BCUT2D eigenvalue weighted by Gasteiger charge is -2.07. The molecule has 1 heterocycles. The average Bonchev–Trinajstić information content (AvgIpc) is 2.94. The van der Waals surface area contributed by atoms with E-state index in [0.717, 1.165) is 29.9 Å². The quantitative estimate of drug-likeness (QED) is 0.937. The molecular weight excluding hydrogens is 269 g/mol. The molecule has 3 nitrogen and oxygen atoms in total. The van der Waals surface area contributed by atoms with Crippen LogP contribution in [0.2, 0.25) is 0 Å². The third kappa shape index (κ3) is 3.40. The summed E-state index contributed by atoms with van der Waals surface area (Å²) in [5.74, 6) is 0.606. The molecular formula is C17H16FNO2. The minimum Gasteiger partial charge on any atom is -0.493 e. The molecule has 1 aliphatic rings. The number of nitrogens with one attached hydrogen (secondary N) is 1. The van der Waals surface area contributed by atoms with Crippen molar-refractivity contribution in [2.24, 2.45) is 0 Å². The fraction of sp³-hybridized carbons (Fsp3) is 0.235. The standard InChI is InChI=1S/C17H16FNO2/c18-15-4-1-12(2-5-15)11-19-17(20)10-13-3-6-16-14(9-13)7-8-21-16/h1-6,9H,7-8,10-11H2,(H,19,20). The number of hydrogen-bond donors (Lipinski definition) is 1. The molecule has 0 radical (unpaired) electrons. The van der Waals surface area contributed by atoms with Gasteiger partial charge in [-0.25, -0.2) is 4.39 Å². The lowest BCUT2D eigenvalue weighted by molar-refractivity contribution is -0.120. The van der Waals surface area contributed by atoms with Gasteiger partial charge in [-0.3, -0.25) is 4.79 Å². The Hall–Kier alpha value is -2.36. The maximum absolute atomic E-state index is 12.8. The molecule has 0 aromatic heterocycles. The van der Waals surface area contributed by atoms with Gasteiger partial charge in [0, 0.05) is 13.0 Å². The van der Waals surface area contributed by atoms with Gasteiger partial charge in [-0.05, 0) is 34.9 Å². The van der Waals surface area contributed by atoms with Crippen LogP contribution >= 0.6 is 0 Å². The van der Waals surface area contributed by atoms with Crippen molar-refractivity contribution < 1.29 is 13.9 Å². The van der Waals surface area contributed by atoms with Crippen molar-refractivity contribution in [3.8, 4) is 5.75 Å². The molecule has 3 rings (SSSR count). The number of benzene rings is 2. The Morgan fingerprint density at radius 1 is 1.14 bits per heavy atom. The first-order valence-electron chi connectivity index (χ1n) is 6.96. The van der Waals surface area contributed by atoms with E-state index in [1.54, 1.807) is 12.1 Å². The first-order valence-corrected chi connectivity index (χ1v) is 6.96. The molecule has 0 fully saturated rings. The van der Waals surface area contributed by atoms with Crippen molar-refractivity contribution in [3.63, 3.8) is 0 Å². The summed E-state index contributed by atoms with van der Waals surface area (Å²) >= 11 is 0. The summed E-state index contributed by atoms with van der Waals surface area (Å²) in [5.41, 5.74) is 3.03. The first kappa shape index (κ1) is 13.6. The second-order valence-corrected chi connectivity index (χ2v) is 5.12. The van der Waals surface area contributed by atoms with Crippen molar-refractivity contribution in [3.05, 3.63) is 65.0 Å². The number of halogens is 1. The Bertz CT molecular complexity index is 652. The zero-order chi connectivity index (χ0) is 14.7. The summed E-state index contributed by atoms with van der Waals surface area (Å²) in [6, 6.07) is 12.0. The minimum atomic E-state index is -0.273. The Morgan fingerprint density at radius 2 is 1.90 bits per heavy atom. The van der Waals surface area contributed by atoms with Crippen molar-refractivity contribution in [1.82, 2.24) is 5.32 Å². The zero-order valence-electron chi connectivity index (χ0n) is 11.6. The van der Waals surface area contributed by atoms with Gasteiger partial charge >= 0.3 is 0 Å². The third-order valence-electron chi connectivity index (χ3n) is 3.52. The second kappa shape index (κ2) is 5.95. The molecule has 1 N–H and O–H groups in total. The van der Waals surface area contributed by atoms with Gasteiger partial charge in [0.25, 0.3) is 0 Å². The Labute approximate surface area is 122 Å². The number of carbonyl (C=O) groups is 1. The fourth-order valence-corrected chi connectivity index (χ4v) is 2.40. The third-order valence-corrected chi connectivity index (χ3v) is 3.52. The summed E-state index contributed by atoms with van der Waals surface area (Å²) < 4.78 is 18.2.